The molecule has 0 fully saturated rings. The van der Waals surface area contributed by atoms with Crippen LogP contribution in [0.4, 0.5) is 4.39 Å². The van der Waals surface area contributed by atoms with Gasteiger partial charge in [-0.1, -0.05) is 25.5 Å². The van der Waals surface area contributed by atoms with E-state index < -0.39 is 5.82 Å². The lowest BCUT2D eigenvalue weighted by Gasteiger charge is -2.06. The molecule has 0 bridgehead atoms. The van der Waals surface area contributed by atoms with E-state index >= 15 is 0 Å². The van der Waals surface area contributed by atoms with Crippen LogP contribution in [0.2, 0.25) is 0 Å². The summed E-state index contributed by atoms with van der Waals surface area (Å²) in [6.45, 7) is 3.49. The number of aryl methyl sites for hydroxylation is 1. The molecule has 0 aromatic heterocycles. The average molecular weight is 194 g/mol. The molecule has 0 amide bonds. The minimum Gasteiger partial charge on any atom is -0.294 e. The van der Waals surface area contributed by atoms with Crippen LogP contribution in [0.25, 0.3) is 0 Å². The number of halogens is 1. The number of rotatable bonds is 4. The number of hydrogen-bond donors (Lipinski definition) is 0. The Hall–Kier alpha value is -1.18. The van der Waals surface area contributed by atoms with Crippen LogP contribution in [0, 0.1) is 5.82 Å². The molecule has 1 nitrogen and oxygen atoms in total. The Morgan fingerprint density at radius 2 is 2.14 bits per heavy atom. The maximum Gasteiger partial charge on any atom is 0.163 e. The summed E-state index contributed by atoms with van der Waals surface area (Å²) in [4.78, 5) is 11.2. The standard InChI is InChI=1S/C12H15FO/c1-3-4-6-10-7-5-8-11(13)12(10)9(2)14/h5,7-8H,3-4,6H2,1-2H3. The molecule has 1 aromatic carbocycles. The lowest BCUT2D eigenvalue weighted by molar-refractivity contribution is 0.101. The van der Waals surface area contributed by atoms with Gasteiger partial charge in [-0.05, 0) is 31.4 Å². The highest BCUT2D eigenvalue weighted by molar-refractivity contribution is 5.95. The van der Waals surface area contributed by atoms with Gasteiger partial charge in [0.25, 0.3) is 0 Å². The summed E-state index contributed by atoms with van der Waals surface area (Å²) in [5.74, 6) is -0.583. The number of benzene rings is 1. The maximum absolute atomic E-state index is 13.3. The van der Waals surface area contributed by atoms with Gasteiger partial charge in [-0.3, -0.25) is 4.79 Å². The largest absolute Gasteiger partial charge is 0.294 e. The number of unbranched alkanes of at least 4 members (excludes halogenated alkanes) is 1. The fourth-order valence-electron chi connectivity index (χ4n) is 1.54. The summed E-state index contributed by atoms with van der Waals surface area (Å²) in [7, 11) is 0. The van der Waals surface area contributed by atoms with Crippen molar-refractivity contribution in [3.05, 3.63) is 35.1 Å². The molecule has 0 aliphatic carbocycles. The predicted octanol–water partition coefficient (Wildman–Crippen LogP) is 3.37. The van der Waals surface area contributed by atoms with Gasteiger partial charge in [-0.2, -0.15) is 0 Å². The summed E-state index contributed by atoms with van der Waals surface area (Å²) < 4.78 is 13.3. The van der Waals surface area contributed by atoms with Gasteiger partial charge in [-0.25, -0.2) is 4.39 Å². The molecule has 0 radical (unpaired) electrons. The van der Waals surface area contributed by atoms with Crippen LogP contribution in [0.15, 0.2) is 18.2 Å². The number of hydrogen-bond acceptors (Lipinski definition) is 1. The van der Waals surface area contributed by atoms with Crippen LogP contribution in [-0.4, -0.2) is 5.78 Å². The first-order valence-corrected chi connectivity index (χ1v) is 4.95. The zero-order chi connectivity index (χ0) is 10.6. The highest BCUT2D eigenvalue weighted by Gasteiger charge is 2.11. The molecule has 0 spiro atoms. The Kier molecular flexibility index (Phi) is 3.81. The van der Waals surface area contributed by atoms with Crippen molar-refractivity contribution in [1.82, 2.24) is 0 Å². The fourth-order valence-corrected chi connectivity index (χ4v) is 1.54. The lowest BCUT2D eigenvalue weighted by Crippen LogP contribution is -2.03. The van der Waals surface area contributed by atoms with Crippen molar-refractivity contribution in [2.45, 2.75) is 33.1 Å². The van der Waals surface area contributed by atoms with Gasteiger partial charge in [0.2, 0.25) is 0 Å². The van der Waals surface area contributed by atoms with Gasteiger partial charge in [0.05, 0.1) is 5.56 Å². The Labute approximate surface area is 83.9 Å². The van der Waals surface area contributed by atoms with Crippen LogP contribution < -0.4 is 0 Å². The summed E-state index contributed by atoms with van der Waals surface area (Å²) >= 11 is 0. The molecule has 0 saturated heterocycles. The highest BCUT2D eigenvalue weighted by Crippen LogP contribution is 2.16. The molecule has 0 unspecified atom stereocenters. The summed E-state index contributed by atoms with van der Waals surface area (Å²) in [5.41, 5.74) is 1.10. The van der Waals surface area contributed by atoms with Crippen molar-refractivity contribution >= 4 is 5.78 Å². The monoisotopic (exact) mass is 194 g/mol. The van der Waals surface area contributed by atoms with Crippen LogP contribution in [-0.2, 0) is 6.42 Å². The van der Waals surface area contributed by atoms with Gasteiger partial charge < -0.3 is 0 Å². The van der Waals surface area contributed by atoms with Crippen molar-refractivity contribution in [2.24, 2.45) is 0 Å². The second-order valence-electron chi connectivity index (χ2n) is 3.43. The van der Waals surface area contributed by atoms with Crippen LogP contribution in [0.3, 0.4) is 0 Å². The number of carbonyl (C=O) groups is 1. The molecule has 2 heteroatoms. The zero-order valence-electron chi connectivity index (χ0n) is 8.64. The summed E-state index contributed by atoms with van der Waals surface area (Å²) in [6, 6.07) is 4.83. The highest BCUT2D eigenvalue weighted by atomic mass is 19.1. The van der Waals surface area contributed by atoms with E-state index in [0.717, 1.165) is 24.8 Å². The molecule has 1 aromatic rings. The van der Waals surface area contributed by atoms with Gasteiger partial charge in [-0.15, -0.1) is 0 Å². The van der Waals surface area contributed by atoms with E-state index in [1.54, 1.807) is 6.07 Å². The fraction of sp³-hybridized carbons (Fsp3) is 0.417. The van der Waals surface area contributed by atoms with Crippen molar-refractivity contribution in [3.8, 4) is 0 Å². The minimum atomic E-state index is -0.397. The third kappa shape index (κ3) is 2.41. The molecule has 14 heavy (non-hydrogen) atoms. The molecule has 0 aliphatic heterocycles. The van der Waals surface area contributed by atoms with E-state index in [4.69, 9.17) is 0 Å². The van der Waals surface area contributed by atoms with E-state index in [0.29, 0.717) is 0 Å². The summed E-state index contributed by atoms with van der Waals surface area (Å²) in [6.07, 6.45) is 2.82. The number of carbonyl (C=O) groups excluding carboxylic acids is 1. The zero-order valence-corrected chi connectivity index (χ0v) is 8.64. The van der Waals surface area contributed by atoms with Crippen LogP contribution in [0.5, 0.6) is 0 Å². The Bertz CT molecular complexity index is 331. The maximum atomic E-state index is 13.3. The van der Waals surface area contributed by atoms with E-state index in [9.17, 15) is 9.18 Å². The Morgan fingerprint density at radius 1 is 1.43 bits per heavy atom. The molecular formula is C12H15FO. The first-order chi connectivity index (χ1) is 6.66. The Balaban J connectivity index is 3.02. The van der Waals surface area contributed by atoms with Crippen LogP contribution >= 0.6 is 0 Å². The molecule has 0 N–H and O–H groups in total. The molecule has 0 heterocycles. The topological polar surface area (TPSA) is 17.1 Å². The predicted molar refractivity (Wildman–Crippen MR) is 55.0 cm³/mol. The van der Waals surface area contributed by atoms with Crippen LogP contribution in [0.1, 0.15) is 42.6 Å². The number of Topliss-reactive ketones (excluding diaryl/α,β-unsaturated/α-hetero) is 1. The first-order valence-electron chi connectivity index (χ1n) is 4.95. The third-order valence-electron chi connectivity index (χ3n) is 2.25. The van der Waals surface area contributed by atoms with Gasteiger partial charge >= 0.3 is 0 Å². The van der Waals surface area contributed by atoms with Gasteiger partial charge in [0.1, 0.15) is 5.82 Å². The van der Waals surface area contributed by atoms with E-state index in [1.165, 1.54) is 13.0 Å². The molecule has 0 saturated carbocycles. The third-order valence-corrected chi connectivity index (χ3v) is 2.25. The Morgan fingerprint density at radius 3 is 2.71 bits per heavy atom. The van der Waals surface area contributed by atoms with E-state index in [2.05, 4.69) is 6.92 Å². The molecule has 0 aliphatic rings. The van der Waals surface area contributed by atoms with E-state index in [1.807, 2.05) is 6.07 Å². The number of ketones is 1. The second kappa shape index (κ2) is 4.89. The molecular weight excluding hydrogens is 179 g/mol. The normalized spacial score (nSPS) is 10.2. The lowest BCUT2D eigenvalue weighted by atomic mass is 9.99. The molecule has 76 valence electrons. The second-order valence-corrected chi connectivity index (χ2v) is 3.43. The summed E-state index contributed by atoms with van der Waals surface area (Å²) in [5, 5.41) is 0. The van der Waals surface area contributed by atoms with Gasteiger partial charge in [0, 0.05) is 0 Å². The average Bonchev–Trinajstić information content (AvgIpc) is 2.14. The first kappa shape index (κ1) is 10.9. The SMILES string of the molecule is CCCCc1cccc(F)c1C(C)=O. The van der Waals surface area contributed by atoms with Crippen molar-refractivity contribution < 1.29 is 9.18 Å². The quantitative estimate of drug-likeness (QED) is 0.671. The molecule has 0 atom stereocenters. The van der Waals surface area contributed by atoms with Crippen molar-refractivity contribution in [2.75, 3.05) is 0 Å². The van der Waals surface area contributed by atoms with E-state index in [-0.39, 0.29) is 11.3 Å². The smallest absolute Gasteiger partial charge is 0.163 e. The minimum absolute atomic E-state index is 0.186. The molecule has 1 rings (SSSR count). The van der Waals surface area contributed by atoms with Crippen molar-refractivity contribution in [3.63, 3.8) is 0 Å². The van der Waals surface area contributed by atoms with Gasteiger partial charge in [0.15, 0.2) is 5.78 Å². The van der Waals surface area contributed by atoms with Crippen molar-refractivity contribution in [1.29, 1.82) is 0 Å².